The fourth-order valence-electron chi connectivity index (χ4n) is 3.93. The van der Waals surface area contributed by atoms with Crippen molar-refractivity contribution in [2.45, 2.75) is 31.7 Å². The minimum absolute atomic E-state index is 0.0745. The van der Waals surface area contributed by atoms with Gasteiger partial charge in [0.2, 0.25) is 0 Å². The van der Waals surface area contributed by atoms with Gasteiger partial charge in [0.05, 0.1) is 5.52 Å². The molecule has 0 radical (unpaired) electrons. The van der Waals surface area contributed by atoms with Crippen LogP contribution in [-0.4, -0.2) is 41.2 Å². The number of halogens is 4. The molecule has 1 aliphatic rings. The molecule has 0 spiro atoms. The summed E-state index contributed by atoms with van der Waals surface area (Å²) in [5.41, 5.74) is 3.50. The van der Waals surface area contributed by atoms with E-state index in [9.17, 15) is 17.6 Å². The summed E-state index contributed by atoms with van der Waals surface area (Å²) in [6.45, 7) is 2.67. The van der Waals surface area contributed by atoms with Gasteiger partial charge in [-0.05, 0) is 47.9 Å². The summed E-state index contributed by atoms with van der Waals surface area (Å²) in [7, 11) is 0. The van der Waals surface area contributed by atoms with Gasteiger partial charge in [-0.25, -0.2) is 4.39 Å². The van der Waals surface area contributed by atoms with Crippen molar-refractivity contribution in [3.63, 3.8) is 0 Å². The van der Waals surface area contributed by atoms with Crippen LogP contribution in [0.15, 0.2) is 54.7 Å². The highest BCUT2D eigenvalue weighted by molar-refractivity contribution is 5.94. The third-order valence-electron chi connectivity index (χ3n) is 5.22. The molecule has 2 unspecified atom stereocenters. The fraction of sp³-hybridized carbons (Fsp3) is 0.318. The largest absolute Gasteiger partial charge is 0.405 e. The number of pyridine rings is 1. The normalized spacial score (nSPS) is 20.9. The molecule has 4 rings (SSSR count). The summed E-state index contributed by atoms with van der Waals surface area (Å²) in [5, 5.41) is 3.55. The second kappa shape index (κ2) is 7.72. The van der Waals surface area contributed by atoms with Crippen molar-refractivity contribution in [1.82, 2.24) is 15.2 Å². The zero-order valence-electron chi connectivity index (χ0n) is 15.9. The molecule has 1 aromatic heterocycles. The van der Waals surface area contributed by atoms with Gasteiger partial charge in [0.15, 0.2) is 0 Å². The molecule has 0 amide bonds. The monoisotopic (exact) mass is 403 g/mol. The van der Waals surface area contributed by atoms with Crippen LogP contribution in [0.2, 0.25) is 0 Å². The number of rotatable bonds is 3. The lowest BCUT2D eigenvalue weighted by Gasteiger charge is -2.38. The van der Waals surface area contributed by atoms with E-state index in [-0.39, 0.29) is 18.4 Å². The van der Waals surface area contributed by atoms with Crippen molar-refractivity contribution in [3.8, 4) is 11.1 Å². The molecule has 2 aromatic carbocycles. The summed E-state index contributed by atoms with van der Waals surface area (Å²) in [6.07, 6.45) is -2.57. The predicted octanol–water partition coefficient (Wildman–Crippen LogP) is 4.77. The molecule has 1 fully saturated rings. The van der Waals surface area contributed by atoms with Gasteiger partial charge < -0.3 is 5.32 Å². The van der Waals surface area contributed by atoms with Gasteiger partial charge >= 0.3 is 6.18 Å². The highest BCUT2D eigenvalue weighted by atomic mass is 19.4. The SMILES string of the molecule is CC1CN(Cc2ccc3c(-c4ccc(F)cc4)ccnc3c2)CC(C(F)(F)F)N1. The third kappa shape index (κ3) is 4.41. The zero-order valence-corrected chi connectivity index (χ0v) is 15.9. The Kier molecular flexibility index (Phi) is 5.27. The lowest BCUT2D eigenvalue weighted by atomic mass is 10.00. The summed E-state index contributed by atoms with van der Waals surface area (Å²) in [4.78, 5) is 6.25. The van der Waals surface area contributed by atoms with E-state index in [2.05, 4.69) is 10.3 Å². The quantitative estimate of drug-likeness (QED) is 0.639. The maximum Gasteiger partial charge on any atom is 0.405 e. The van der Waals surface area contributed by atoms with Crippen LogP contribution in [0.5, 0.6) is 0 Å². The Hall–Kier alpha value is -2.51. The van der Waals surface area contributed by atoms with Gasteiger partial charge in [0.25, 0.3) is 0 Å². The summed E-state index contributed by atoms with van der Waals surface area (Å²) in [5.74, 6) is -0.295. The summed E-state index contributed by atoms with van der Waals surface area (Å²) < 4.78 is 52.7. The molecule has 152 valence electrons. The Morgan fingerprint density at radius 2 is 1.83 bits per heavy atom. The van der Waals surface area contributed by atoms with E-state index in [1.165, 1.54) is 12.1 Å². The van der Waals surface area contributed by atoms with E-state index in [1.54, 1.807) is 25.3 Å². The molecule has 2 heterocycles. The molecule has 1 saturated heterocycles. The van der Waals surface area contributed by atoms with E-state index in [0.717, 1.165) is 27.6 Å². The third-order valence-corrected chi connectivity index (χ3v) is 5.22. The van der Waals surface area contributed by atoms with Gasteiger partial charge in [-0.15, -0.1) is 0 Å². The lowest BCUT2D eigenvalue weighted by Crippen LogP contribution is -2.60. The number of piperazine rings is 1. The number of nitrogens with one attached hydrogen (secondary N) is 1. The predicted molar refractivity (Wildman–Crippen MR) is 105 cm³/mol. The molecule has 7 heteroatoms. The van der Waals surface area contributed by atoms with Crippen LogP contribution in [0.1, 0.15) is 12.5 Å². The van der Waals surface area contributed by atoms with Gasteiger partial charge in [0.1, 0.15) is 11.9 Å². The number of benzene rings is 2. The van der Waals surface area contributed by atoms with Gasteiger partial charge in [0, 0.05) is 37.3 Å². The number of hydrogen-bond acceptors (Lipinski definition) is 3. The van der Waals surface area contributed by atoms with Crippen LogP contribution < -0.4 is 5.32 Å². The second-order valence-corrected chi connectivity index (χ2v) is 7.57. The molecule has 3 aromatic rings. The van der Waals surface area contributed by atoms with Crippen molar-refractivity contribution in [3.05, 3.63) is 66.1 Å². The topological polar surface area (TPSA) is 28.2 Å². The van der Waals surface area contributed by atoms with Gasteiger partial charge in [-0.2, -0.15) is 13.2 Å². The highest BCUT2D eigenvalue weighted by Crippen LogP contribution is 2.29. The first-order valence-corrected chi connectivity index (χ1v) is 9.48. The first kappa shape index (κ1) is 19.8. The van der Waals surface area contributed by atoms with Crippen molar-refractivity contribution in [2.75, 3.05) is 13.1 Å². The van der Waals surface area contributed by atoms with Crippen LogP contribution >= 0.6 is 0 Å². The molecular formula is C22H21F4N3. The second-order valence-electron chi connectivity index (χ2n) is 7.57. The molecule has 2 atom stereocenters. The highest BCUT2D eigenvalue weighted by Gasteiger charge is 2.43. The van der Waals surface area contributed by atoms with Crippen molar-refractivity contribution in [1.29, 1.82) is 0 Å². The molecule has 0 bridgehead atoms. The van der Waals surface area contributed by atoms with E-state index < -0.39 is 12.2 Å². The van der Waals surface area contributed by atoms with Gasteiger partial charge in [-0.3, -0.25) is 9.88 Å². The van der Waals surface area contributed by atoms with E-state index in [4.69, 9.17) is 0 Å². The Morgan fingerprint density at radius 3 is 2.55 bits per heavy atom. The van der Waals surface area contributed by atoms with Crippen LogP contribution in [0.3, 0.4) is 0 Å². The average Bonchev–Trinajstić information content (AvgIpc) is 2.67. The molecule has 3 nitrogen and oxygen atoms in total. The standard InChI is InChI=1S/C22H21F4N3/c1-14-11-29(13-21(28-14)22(24,25)26)12-15-2-7-19-18(8-9-27-20(19)10-15)16-3-5-17(23)6-4-16/h2-10,14,21,28H,11-13H2,1H3. The molecule has 0 saturated carbocycles. The average molecular weight is 403 g/mol. The van der Waals surface area contributed by atoms with E-state index >= 15 is 0 Å². The molecular weight excluding hydrogens is 382 g/mol. The van der Waals surface area contributed by atoms with E-state index in [0.29, 0.717) is 13.1 Å². The Labute approximate surface area is 166 Å². The fourth-order valence-corrected chi connectivity index (χ4v) is 3.93. The van der Waals surface area contributed by atoms with Crippen LogP contribution in [0.25, 0.3) is 22.0 Å². The Balaban J connectivity index is 1.59. The van der Waals surface area contributed by atoms with E-state index in [1.807, 2.05) is 29.2 Å². The number of aromatic nitrogens is 1. The van der Waals surface area contributed by atoms with Crippen LogP contribution in [-0.2, 0) is 6.54 Å². The molecule has 1 aliphatic heterocycles. The molecule has 1 N–H and O–H groups in total. The number of fused-ring (bicyclic) bond motifs is 1. The Morgan fingerprint density at radius 1 is 1.07 bits per heavy atom. The number of hydrogen-bond donors (Lipinski definition) is 1. The van der Waals surface area contributed by atoms with Crippen LogP contribution in [0.4, 0.5) is 17.6 Å². The van der Waals surface area contributed by atoms with Crippen molar-refractivity contribution >= 4 is 10.9 Å². The van der Waals surface area contributed by atoms with Crippen molar-refractivity contribution < 1.29 is 17.6 Å². The first-order valence-electron chi connectivity index (χ1n) is 9.48. The smallest absolute Gasteiger partial charge is 0.301 e. The summed E-state index contributed by atoms with van der Waals surface area (Å²) >= 11 is 0. The number of alkyl halides is 3. The zero-order chi connectivity index (χ0) is 20.6. The van der Waals surface area contributed by atoms with Gasteiger partial charge in [-0.1, -0.05) is 24.3 Å². The molecule has 29 heavy (non-hydrogen) atoms. The summed E-state index contributed by atoms with van der Waals surface area (Å²) in [6, 6.07) is 12.2. The van der Waals surface area contributed by atoms with Crippen LogP contribution in [0, 0.1) is 5.82 Å². The van der Waals surface area contributed by atoms with Crippen molar-refractivity contribution in [2.24, 2.45) is 0 Å². The number of nitrogens with zero attached hydrogens (tertiary/aromatic N) is 2. The maximum absolute atomic E-state index is 13.2. The minimum Gasteiger partial charge on any atom is -0.301 e. The minimum atomic E-state index is -4.26. The Bertz CT molecular complexity index is 1000. The molecule has 0 aliphatic carbocycles. The lowest BCUT2D eigenvalue weighted by molar-refractivity contribution is -0.168. The maximum atomic E-state index is 13.2. The first-order chi connectivity index (χ1) is 13.8.